The van der Waals surface area contributed by atoms with E-state index >= 15 is 0 Å². The molecule has 0 aromatic carbocycles. The van der Waals surface area contributed by atoms with Gasteiger partial charge in [0, 0.05) is 16.7 Å². The highest BCUT2D eigenvalue weighted by molar-refractivity contribution is 8.12. The van der Waals surface area contributed by atoms with Crippen LogP contribution in [0.3, 0.4) is 0 Å². The molecular formula is C8H16ClNO2S. The monoisotopic (exact) mass is 225 g/mol. The van der Waals surface area contributed by atoms with Gasteiger partial charge in [0.25, 0.3) is 9.24 Å². The van der Waals surface area contributed by atoms with Crippen molar-refractivity contribution >= 4 is 19.9 Å². The molecule has 0 spiro atoms. The zero-order chi connectivity index (χ0) is 9.90. The minimum absolute atomic E-state index is 0.0567. The van der Waals surface area contributed by atoms with E-state index in [9.17, 15) is 8.42 Å². The maximum atomic E-state index is 10.7. The van der Waals surface area contributed by atoms with Crippen molar-refractivity contribution in [3.63, 3.8) is 0 Å². The van der Waals surface area contributed by atoms with Crippen molar-refractivity contribution in [1.29, 1.82) is 0 Å². The number of halogens is 1. The Hall–Kier alpha value is 0.200. The molecule has 3 nitrogen and oxygen atoms in total. The van der Waals surface area contributed by atoms with Crippen LogP contribution < -0.4 is 4.72 Å². The smallest absolute Gasteiger partial charge is 0.199 e. The summed E-state index contributed by atoms with van der Waals surface area (Å²) >= 11 is 0. The maximum Gasteiger partial charge on any atom is 0.297 e. The molecule has 0 aliphatic heterocycles. The first kappa shape index (κ1) is 11.3. The Balaban J connectivity index is 2.43. The van der Waals surface area contributed by atoms with Gasteiger partial charge in [0.15, 0.2) is 0 Å². The van der Waals surface area contributed by atoms with Crippen LogP contribution in [-0.2, 0) is 9.24 Å². The van der Waals surface area contributed by atoms with Crippen molar-refractivity contribution in [2.45, 2.75) is 45.1 Å². The van der Waals surface area contributed by atoms with Crippen LogP contribution in [0.2, 0.25) is 0 Å². The molecule has 0 radical (unpaired) electrons. The fraction of sp³-hybridized carbons (Fsp3) is 1.00. The van der Waals surface area contributed by atoms with E-state index in [4.69, 9.17) is 10.7 Å². The van der Waals surface area contributed by atoms with Gasteiger partial charge < -0.3 is 0 Å². The van der Waals surface area contributed by atoms with E-state index in [1.165, 1.54) is 6.42 Å². The molecule has 0 amide bonds. The molecule has 0 saturated heterocycles. The highest BCUT2D eigenvalue weighted by atomic mass is 35.7. The summed E-state index contributed by atoms with van der Waals surface area (Å²) in [6.45, 7) is 2.14. The van der Waals surface area contributed by atoms with Gasteiger partial charge >= 0.3 is 0 Å². The van der Waals surface area contributed by atoms with Gasteiger partial charge in [-0.15, -0.1) is 0 Å². The normalized spacial score (nSPS) is 30.3. The summed E-state index contributed by atoms with van der Waals surface area (Å²) in [6.07, 6.45) is 5.30. The molecule has 0 bridgehead atoms. The zero-order valence-corrected chi connectivity index (χ0v) is 9.37. The number of rotatable bonds is 3. The van der Waals surface area contributed by atoms with Crippen LogP contribution in [0.1, 0.15) is 39.0 Å². The number of hydrogen-bond donors (Lipinski definition) is 1. The Bertz CT molecular complexity index is 253. The van der Waals surface area contributed by atoms with Crippen molar-refractivity contribution in [3.8, 4) is 0 Å². The quantitative estimate of drug-likeness (QED) is 0.748. The van der Waals surface area contributed by atoms with E-state index in [1.54, 1.807) is 0 Å². The molecule has 1 aliphatic carbocycles. The molecule has 13 heavy (non-hydrogen) atoms. The van der Waals surface area contributed by atoms with E-state index < -0.39 is 9.24 Å². The second-order valence-electron chi connectivity index (χ2n) is 3.69. The van der Waals surface area contributed by atoms with Crippen LogP contribution in [-0.4, -0.2) is 14.5 Å². The van der Waals surface area contributed by atoms with Crippen molar-refractivity contribution in [2.24, 2.45) is 5.92 Å². The molecular weight excluding hydrogens is 210 g/mol. The maximum absolute atomic E-state index is 10.7. The van der Waals surface area contributed by atoms with Gasteiger partial charge in [0.2, 0.25) is 0 Å². The Morgan fingerprint density at radius 2 is 2.15 bits per heavy atom. The summed E-state index contributed by atoms with van der Waals surface area (Å²) in [5.41, 5.74) is 0. The van der Waals surface area contributed by atoms with E-state index in [2.05, 4.69) is 11.6 Å². The fourth-order valence-electron chi connectivity index (χ4n) is 1.97. The largest absolute Gasteiger partial charge is 0.297 e. The van der Waals surface area contributed by atoms with Crippen molar-refractivity contribution < 1.29 is 8.42 Å². The third-order valence-electron chi connectivity index (χ3n) is 2.67. The molecule has 0 aromatic rings. The van der Waals surface area contributed by atoms with Crippen molar-refractivity contribution in [1.82, 2.24) is 4.72 Å². The molecule has 0 heterocycles. The summed E-state index contributed by atoms with van der Waals surface area (Å²) in [6, 6.07) is 0.0567. The van der Waals surface area contributed by atoms with Crippen LogP contribution in [0, 0.1) is 5.92 Å². The highest BCUT2D eigenvalue weighted by Crippen LogP contribution is 2.26. The number of nitrogens with one attached hydrogen (secondary N) is 1. The SMILES string of the molecule is CCC1CCCC(NS(=O)(=O)Cl)C1. The predicted octanol–water partition coefficient (Wildman–Crippen LogP) is 2.03. The first-order chi connectivity index (χ1) is 6.01. The van der Waals surface area contributed by atoms with Gasteiger partial charge in [-0.05, 0) is 18.8 Å². The lowest BCUT2D eigenvalue weighted by Gasteiger charge is -2.27. The summed E-state index contributed by atoms with van der Waals surface area (Å²) in [5, 5.41) is 0. The van der Waals surface area contributed by atoms with Crippen LogP contribution in [0.15, 0.2) is 0 Å². The van der Waals surface area contributed by atoms with Crippen molar-refractivity contribution in [2.75, 3.05) is 0 Å². The molecule has 1 aliphatic rings. The number of hydrogen-bond acceptors (Lipinski definition) is 2. The third kappa shape index (κ3) is 4.29. The minimum Gasteiger partial charge on any atom is -0.199 e. The lowest BCUT2D eigenvalue weighted by molar-refractivity contribution is 0.302. The minimum atomic E-state index is -3.53. The topological polar surface area (TPSA) is 46.2 Å². The Morgan fingerprint density at radius 1 is 1.46 bits per heavy atom. The predicted molar refractivity (Wildman–Crippen MR) is 53.9 cm³/mol. The average Bonchev–Trinajstić information content (AvgIpc) is 2.01. The second kappa shape index (κ2) is 4.62. The zero-order valence-electron chi connectivity index (χ0n) is 7.79. The molecule has 0 aromatic heterocycles. The fourth-order valence-corrected chi connectivity index (χ4v) is 2.96. The molecule has 78 valence electrons. The van der Waals surface area contributed by atoms with E-state index in [0.29, 0.717) is 5.92 Å². The molecule has 2 unspecified atom stereocenters. The molecule has 5 heteroatoms. The second-order valence-corrected chi connectivity index (χ2v) is 6.02. The summed E-state index contributed by atoms with van der Waals surface area (Å²) < 4.78 is 24.0. The van der Waals surface area contributed by atoms with Crippen LogP contribution in [0.5, 0.6) is 0 Å². The van der Waals surface area contributed by atoms with Crippen LogP contribution in [0.4, 0.5) is 0 Å². The Labute approximate surface area is 84.4 Å². The first-order valence-corrected chi connectivity index (χ1v) is 7.04. The van der Waals surface area contributed by atoms with Gasteiger partial charge in [-0.3, -0.25) is 0 Å². The Kier molecular flexibility index (Phi) is 4.01. The summed E-state index contributed by atoms with van der Waals surface area (Å²) in [5.74, 6) is 0.657. The van der Waals surface area contributed by atoms with Gasteiger partial charge in [-0.1, -0.05) is 26.2 Å². The average molecular weight is 226 g/mol. The Morgan fingerprint density at radius 3 is 2.69 bits per heavy atom. The van der Waals surface area contributed by atoms with Gasteiger partial charge in [-0.25, -0.2) is 0 Å². The van der Waals surface area contributed by atoms with Gasteiger partial charge in [0.05, 0.1) is 0 Å². The van der Waals surface area contributed by atoms with Gasteiger partial charge in [-0.2, -0.15) is 13.1 Å². The standard InChI is InChI=1S/C8H16ClNO2S/c1-2-7-4-3-5-8(6-7)10-13(9,11)12/h7-8,10H,2-6H2,1H3. The summed E-state index contributed by atoms with van der Waals surface area (Å²) in [7, 11) is 1.59. The molecule has 2 atom stereocenters. The van der Waals surface area contributed by atoms with Crippen LogP contribution in [0.25, 0.3) is 0 Å². The van der Waals surface area contributed by atoms with E-state index in [0.717, 1.165) is 25.7 Å². The lowest BCUT2D eigenvalue weighted by atomic mass is 9.85. The molecule has 1 rings (SSSR count). The third-order valence-corrected chi connectivity index (χ3v) is 3.55. The highest BCUT2D eigenvalue weighted by Gasteiger charge is 2.23. The summed E-state index contributed by atoms with van der Waals surface area (Å²) in [4.78, 5) is 0. The van der Waals surface area contributed by atoms with E-state index in [-0.39, 0.29) is 6.04 Å². The van der Waals surface area contributed by atoms with Gasteiger partial charge in [0.1, 0.15) is 0 Å². The lowest BCUT2D eigenvalue weighted by Crippen LogP contribution is -2.35. The van der Waals surface area contributed by atoms with E-state index in [1.807, 2.05) is 0 Å². The molecule has 1 saturated carbocycles. The first-order valence-electron chi connectivity index (χ1n) is 4.73. The molecule has 1 fully saturated rings. The van der Waals surface area contributed by atoms with Crippen molar-refractivity contribution in [3.05, 3.63) is 0 Å². The molecule has 1 N–H and O–H groups in total. The van der Waals surface area contributed by atoms with Crippen LogP contribution >= 0.6 is 10.7 Å².